The quantitative estimate of drug-likeness (QED) is 0.0972. The van der Waals surface area contributed by atoms with Gasteiger partial charge in [-0.1, -0.05) is 60.7 Å². The number of benzene rings is 3. The van der Waals surface area contributed by atoms with Crippen molar-refractivity contribution in [2.45, 2.75) is 101 Å². The van der Waals surface area contributed by atoms with E-state index in [9.17, 15) is 39.0 Å². The smallest absolute Gasteiger partial charge is 0.246 e. The average molecular weight is 823 g/mol. The van der Waals surface area contributed by atoms with Crippen molar-refractivity contribution in [1.82, 2.24) is 36.5 Å². The molecule has 0 bridgehead atoms. The van der Waals surface area contributed by atoms with Gasteiger partial charge < -0.3 is 52.4 Å². The Kier molecular flexibility index (Phi) is 14.5. The Hall–Kier alpha value is -6.26. The summed E-state index contributed by atoms with van der Waals surface area (Å²) < 4.78 is 0. The molecule has 3 heterocycles. The molecule has 2 fully saturated rings. The second-order valence-electron chi connectivity index (χ2n) is 15.6. The average Bonchev–Trinajstić information content (AvgIpc) is 3.90. The minimum Gasteiger partial charge on any atom is -0.508 e. The van der Waals surface area contributed by atoms with Gasteiger partial charge in [0.05, 0.1) is 6.10 Å². The van der Waals surface area contributed by atoms with Crippen LogP contribution in [0.5, 0.6) is 5.75 Å². The first-order valence-electron chi connectivity index (χ1n) is 20.5. The summed E-state index contributed by atoms with van der Waals surface area (Å²) in [6, 6.07) is 15.1. The Morgan fingerprint density at radius 1 is 0.683 bits per heavy atom. The molecule has 6 amide bonds. The number of para-hydroxylation sites is 1. The first kappa shape index (κ1) is 43.3. The number of hydrogen-bond acceptors (Lipinski definition) is 9. The van der Waals surface area contributed by atoms with Crippen LogP contribution in [0, 0.1) is 0 Å². The van der Waals surface area contributed by atoms with E-state index in [0.717, 1.165) is 10.9 Å². The van der Waals surface area contributed by atoms with E-state index in [1.54, 1.807) is 42.6 Å². The highest BCUT2D eigenvalue weighted by Gasteiger charge is 2.41. The molecule has 2 aliphatic rings. The SMILES string of the molecule is C[C@@H](O)[C@@H]1NC(=O)[C@H](CCCCN)NC(=O)[C@H](Cc2c[nH]c3ccccc23)NC(=O)[C@H](Cc2ccc(O)cc2)NC(=O)[C@@H]2CCCN2C(=O)[C@H](Cc2ccccc2)NC1=O. The summed E-state index contributed by atoms with van der Waals surface area (Å²) in [4.78, 5) is 90.3. The molecule has 60 heavy (non-hydrogen) atoms. The number of aromatic hydroxyl groups is 1. The molecule has 0 saturated carbocycles. The maximum Gasteiger partial charge on any atom is 0.246 e. The number of aromatic amines is 1. The second kappa shape index (κ2) is 20.1. The van der Waals surface area contributed by atoms with Crippen molar-refractivity contribution in [2.24, 2.45) is 5.73 Å². The highest BCUT2D eigenvalue weighted by atomic mass is 16.3. The minimum atomic E-state index is -1.53. The zero-order valence-electron chi connectivity index (χ0n) is 33.6. The van der Waals surface area contributed by atoms with Gasteiger partial charge in [-0.15, -0.1) is 0 Å². The van der Waals surface area contributed by atoms with Crippen molar-refractivity contribution in [3.63, 3.8) is 0 Å². The number of phenolic OH excluding ortho intramolecular Hbond substituents is 1. The van der Waals surface area contributed by atoms with E-state index in [1.807, 2.05) is 30.3 Å². The second-order valence-corrected chi connectivity index (χ2v) is 15.6. The fraction of sp³-hybridized carbons (Fsp3) is 0.409. The summed E-state index contributed by atoms with van der Waals surface area (Å²) in [5, 5.41) is 35.5. The van der Waals surface area contributed by atoms with Gasteiger partial charge in [0.2, 0.25) is 35.4 Å². The number of nitrogens with one attached hydrogen (secondary N) is 6. The van der Waals surface area contributed by atoms with Gasteiger partial charge in [-0.2, -0.15) is 0 Å². The number of aromatic nitrogens is 1. The predicted molar refractivity (Wildman–Crippen MR) is 223 cm³/mol. The van der Waals surface area contributed by atoms with E-state index < -0.39 is 77.8 Å². The summed E-state index contributed by atoms with van der Waals surface area (Å²) in [6.45, 7) is 1.85. The monoisotopic (exact) mass is 822 g/mol. The number of rotatable bonds is 11. The lowest BCUT2D eigenvalue weighted by Crippen LogP contribution is -2.63. The number of amides is 6. The molecule has 16 nitrogen and oxygen atoms in total. The van der Waals surface area contributed by atoms with Gasteiger partial charge in [-0.3, -0.25) is 28.8 Å². The van der Waals surface area contributed by atoms with E-state index >= 15 is 0 Å². The molecular weight excluding hydrogens is 769 g/mol. The van der Waals surface area contributed by atoms with Crippen LogP contribution in [-0.2, 0) is 48.0 Å². The van der Waals surface area contributed by atoms with Crippen molar-refractivity contribution in [3.05, 3.63) is 102 Å². The molecule has 0 spiro atoms. The zero-order chi connectivity index (χ0) is 42.8. The molecule has 0 radical (unpaired) electrons. The third-order valence-electron chi connectivity index (χ3n) is 11.1. The third-order valence-corrected chi connectivity index (χ3v) is 11.1. The Balaban J connectivity index is 1.40. The van der Waals surface area contributed by atoms with Gasteiger partial charge in [-0.25, -0.2) is 0 Å². The van der Waals surface area contributed by atoms with Crippen LogP contribution in [0.2, 0.25) is 0 Å². The number of aliphatic hydroxyl groups excluding tert-OH is 1. The predicted octanol–water partition coefficient (Wildman–Crippen LogP) is 0.840. The Bertz CT molecular complexity index is 2140. The van der Waals surface area contributed by atoms with Gasteiger partial charge in [0.25, 0.3) is 0 Å². The van der Waals surface area contributed by atoms with Gasteiger partial charge >= 0.3 is 0 Å². The van der Waals surface area contributed by atoms with Crippen LogP contribution in [0.4, 0.5) is 0 Å². The van der Waals surface area contributed by atoms with Crippen LogP contribution >= 0.6 is 0 Å². The highest BCUT2D eigenvalue weighted by Crippen LogP contribution is 2.23. The summed E-state index contributed by atoms with van der Waals surface area (Å²) in [5.74, 6) is -4.13. The number of phenols is 1. The van der Waals surface area contributed by atoms with Crippen LogP contribution < -0.4 is 32.3 Å². The fourth-order valence-electron chi connectivity index (χ4n) is 7.85. The molecule has 318 valence electrons. The highest BCUT2D eigenvalue weighted by molar-refractivity contribution is 5.99. The summed E-state index contributed by atoms with van der Waals surface area (Å²) in [6.07, 6.45) is 2.12. The summed E-state index contributed by atoms with van der Waals surface area (Å²) in [5.41, 5.74) is 8.59. The molecular formula is C44H54N8O8. The Labute approximate surface area is 348 Å². The zero-order valence-corrected chi connectivity index (χ0v) is 33.6. The first-order valence-corrected chi connectivity index (χ1v) is 20.5. The van der Waals surface area contributed by atoms with Crippen LogP contribution in [-0.4, -0.2) is 111 Å². The largest absolute Gasteiger partial charge is 0.508 e. The topological polar surface area (TPSA) is 248 Å². The number of unbranched alkanes of at least 4 members (excludes halogenated alkanes) is 1. The maximum atomic E-state index is 14.5. The van der Waals surface area contributed by atoms with Crippen molar-refractivity contribution in [2.75, 3.05) is 13.1 Å². The molecule has 4 aromatic rings. The maximum absolute atomic E-state index is 14.5. The number of H-pyrrole nitrogens is 1. The van der Waals surface area contributed by atoms with Crippen LogP contribution in [0.15, 0.2) is 85.1 Å². The first-order chi connectivity index (χ1) is 28.9. The van der Waals surface area contributed by atoms with Crippen LogP contribution in [0.25, 0.3) is 10.9 Å². The molecule has 16 heteroatoms. The van der Waals surface area contributed by atoms with E-state index in [4.69, 9.17) is 5.73 Å². The molecule has 2 aliphatic heterocycles. The van der Waals surface area contributed by atoms with E-state index in [-0.39, 0.29) is 44.4 Å². The molecule has 0 aliphatic carbocycles. The number of carbonyl (C=O) groups is 6. The minimum absolute atomic E-state index is 0.00879. The van der Waals surface area contributed by atoms with Crippen LogP contribution in [0.3, 0.4) is 0 Å². The lowest BCUT2D eigenvalue weighted by Gasteiger charge is -2.32. The summed E-state index contributed by atoms with van der Waals surface area (Å²) >= 11 is 0. The van der Waals surface area contributed by atoms with E-state index in [1.165, 1.54) is 24.0 Å². The molecule has 2 saturated heterocycles. The van der Waals surface area contributed by atoms with Gasteiger partial charge in [0.1, 0.15) is 42.0 Å². The van der Waals surface area contributed by atoms with Gasteiger partial charge in [0, 0.05) is 42.9 Å². The molecule has 7 atom stereocenters. The number of carbonyl (C=O) groups excluding carboxylic acids is 6. The molecule has 0 unspecified atom stereocenters. The molecule has 10 N–H and O–H groups in total. The van der Waals surface area contributed by atoms with Crippen molar-refractivity contribution in [1.29, 1.82) is 0 Å². The van der Waals surface area contributed by atoms with Gasteiger partial charge in [0.15, 0.2) is 0 Å². The van der Waals surface area contributed by atoms with Crippen molar-refractivity contribution >= 4 is 46.3 Å². The van der Waals surface area contributed by atoms with Crippen LogP contribution in [0.1, 0.15) is 55.7 Å². The number of hydrogen-bond donors (Lipinski definition) is 9. The number of aliphatic hydroxyl groups is 1. The lowest BCUT2D eigenvalue weighted by molar-refractivity contribution is -0.143. The standard InChI is InChI=1S/C44H54N8O8/c1-26(53)38-43(59)50-36(23-27-10-3-2-4-11-27)44(60)52-21-9-15-37(52)42(58)49-34(22-28-16-18-30(54)19-17-28)40(56)48-35(24-29-25-46-32-13-6-5-12-31(29)32)41(57)47-33(39(55)51-38)14-7-8-20-45/h2-6,10-13,16-19,25-26,33-38,46,53-54H,7-9,14-15,20-24,45H2,1H3,(H,47,57)(H,48,56)(H,49,58)(H,50,59)(H,51,55)/t26-,33+,34+,35+,36+,37+,38+/m1/s1. The van der Waals surface area contributed by atoms with Crippen molar-refractivity contribution in [3.8, 4) is 5.75 Å². The summed E-state index contributed by atoms with van der Waals surface area (Å²) in [7, 11) is 0. The van der Waals surface area contributed by atoms with Gasteiger partial charge in [-0.05, 0) is 80.5 Å². The van der Waals surface area contributed by atoms with E-state index in [0.29, 0.717) is 42.5 Å². The third kappa shape index (κ3) is 10.9. The normalized spacial score (nSPS) is 24.0. The van der Waals surface area contributed by atoms with Crippen molar-refractivity contribution < 1.29 is 39.0 Å². The van der Waals surface area contributed by atoms with E-state index in [2.05, 4.69) is 31.6 Å². The number of nitrogens with two attached hydrogens (primary N) is 1. The Morgan fingerprint density at radius 2 is 1.28 bits per heavy atom. The molecule has 1 aromatic heterocycles. The molecule has 6 rings (SSSR count). The number of nitrogens with zero attached hydrogens (tertiary/aromatic N) is 1. The Morgan fingerprint density at radius 3 is 2.00 bits per heavy atom. The number of fused-ring (bicyclic) bond motifs is 2. The molecule has 3 aromatic carbocycles. The fourth-order valence-corrected chi connectivity index (χ4v) is 7.85. The lowest BCUT2D eigenvalue weighted by atomic mass is 10.00.